The van der Waals surface area contributed by atoms with E-state index in [9.17, 15) is 9.18 Å². The molecule has 0 unspecified atom stereocenters. The topological polar surface area (TPSA) is 40.5 Å². The van der Waals surface area contributed by atoms with Crippen LogP contribution in [0.5, 0.6) is 0 Å². The number of carboxylic acid groups (broad SMARTS) is 1. The van der Waals surface area contributed by atoms with Crippen molar-refractivity contribution < 1.29 is 14.3 Å². The molecule has 1 aromatic rings. The molecule has 0 fully saturated rings. The molecule has 0 amide bonds. The second-order valence-electron chi connectivity index (χ2n) is 3.95. The number of halogens is 2. The molecule has 0 radical (unpaired) electrons. The highest BCUT2D eigenvalue weighted by Gasteiger charge is 2.19. The van der Waals surface area contributed by atoms with Crippen molar-refractivity contribution in [3.63, 3.8) is 0 Å². The molecule has 5 heteroatoms. The Bertz CT molecular complexity index is 435. The predicted molar refractivity (Wildman–Crippen MR) is 69.2 cm³/mol. The third kappa shape index (κ3) is 2.77. The van der Waals surface area contributed by atoms with Crippen LogP contribution in [-0.2, 0) is 0 Å². The second kappa shape index (κ2) is 5.49. The van der Waals surface area contributed by atoms with Crippen LogP contribution in [0.4, 0.5) is 10.1 Å². The molecule has 1 aromatic carbocycles. The summed E-state index contributed by atoms with van der Waals surface area (Å²) >= 11 is 3.00. The normalized spacial score (nSPS) is 10.7. The molecule has 1 rings (SSSR count). The third-order valence-electron chi connectivity index (χ3n) is 2.57. The largest absolute Gasteiger partial charge is 0.478 e. The number of carbonyl (C=O) groups is 1. The van der Waals surface area contributed by atoms with Gasteiger partial charge in [0.1, 0.15) is 0 Å². The standard InChI is InChI=1S/C12H15BrFNO2/c1-4-15(7(2)3)9-6-5-8(12(16)17)10(13)11(9)14/h5-7H,4H2,1-3H3,(H,16,17). The van der Waals surface area contributed by atoms with Crippen molar-refractivity contribution in [3.8, 4) is 0 Å². The Morgan fingerprint density at radius 2 is 2.12 bits per heavy atom. The zero-order valence-electron chi connectivity index (χ0n) is 10.00. The number of rotatable bonds is 4. The number of nitrogens with zero attached hydrogens (tertiary/aromatic N) is 1. The number of hydrogen-bond donors (Lipinski definition) is 1. The van der Waals surface area contributed by atoms with Gasteiger partial charge in [-0.15, -0.1) is 0 Å². The summed E-state index contributed by atoms with van der Waals surface area (Å²) in [5.41, 5.74) is 0.352. The number of carboxylic acids is 1. The fourth-order valence-corrected chi connectivity index (χ4v) is 2.24. The van der Waals surface area contributed by atoms with Gasteiger partial charge in [0.25, 0.3) is 0 Å². The first-order chi connectivity index (χ1) is 7.90. The Morgan fingerprint density at radius 1 is 1.53 bits per heavy atom. The minimum absolute atomic E-state index is 0.00148. The van der Waals surface area contributed by atoms with Crippen LogP contribution >= 0.6 is 15.9 Å². The Hall–Kier alpha value is -1.10. The lowest BCUT2D eigenvalue weighted by atomic mass is 10.1. The number of anilines is 1. The van der Waals surface area contributed by atoms with E-state index >= 15 is 0 Å². The van der Waals surface area contributed by atoms with E-state index in [0.717, 1.165) is 0 Å². The van der Waals surface area contributed by atoms with Gasteiger partial charge in [-0.25, -0.2) is 9.18 Å². The van der Waals surface area contributed by atoms with Crippen LogP contribution in [0.25, 0.3) is 0 Å². The fraction of sp³-hybridized carbons (Fsp3) is 0.417. The van der Waals surface area contributed by atoms with Gasteiger partial charge in [0.15, 0.2) is 5.82 Å². The average molecular weight is 304 g/mol. The maximum Gasteiger partial charge on any atom is 0.336 e. The third-order valence-corrected chi connectivity index (χ3v) is 3.34. The van der Waals surface area contributed by atoms with Gasteiger partial charge in [0, 0.05) is 12.6 Å². The van der Waals surface area contributed by atoms with Gasteiger partial charge in [-0.05, 0) is 48.8 Å². The lowest BCUT2D eigenvalue weighted by Gasteiger charge is -2.28. The highest BCUT2D eigenvalue weighted by Crippen LogP contribution is 2.30. The quantitative estimate of drug-likeness (QED) is 0.925. The van der Waals surface area contributed by atoms with Crippen molar-refractivity contribution in [2.24, 2.45) is 0 Å². The summed E-state index contributed by atoms with van der Waals surface area (Å²) in [5, 5.41) is 8.88. The van der Waals surface area contributed by atoms with E-state index in [4.69, 9.17) is 5.11 Å². The monoisotopic (exact) mass is 303 g/mol. The molecule has 0 heterocycles. The zero-order valence-corrected chi connectivity index (χ0v) is 11.6. The number of aromatic carboxylic acids is 1. The van der Waals surface area contributed by atoms with Crippen LogP contribution in [-0.4, -0.2) is 23.7 Å². The van der Waals surface area contributed by atoms with E-state index in [0.29, 0.717) is 12.2 Å². The highest BCUT2D eigenvalue weighted by atomic mass is 79.9. The molecule has 1 N–H and O–H groups in total. The molecule has 0 saturated carbocycles. The second-order valence-corrected chi connectivity index (χ2v) is 4.74. The molecule has 0 aliphatic carbocycles. The summed E-state index contributed by atoms with van der Waals surface area (Å²) in [6.07, 6.45) is 0. The van der Waals surface area contributed by atoms with E-state index in [1.54, 1.807) is 0 Å². The summed E-state index contributed by atoms with van der Waals surface area (Å²) in [6, 6.07) is 3.07. The zero-order chi connectivity index (χ0) is 13.2. The summed E-state index contributed by atoms with van der Waals surface area (Å²) in [7, 11) is 0. The van der Waals surface area contributed by atoms with E-state index in [1.165, 1.54) is 12.1 Å². The van der Waals surface area contributed by atoms with E-state index < -0.39 is 11.8 Å². The van der Waals surface area contributed by atoms with E-state index in [2.05, 4.69) is 15.9 Å². The first-order valence-electron chi connectivity index (χ1n) is 5.38. The summed E-state index contributed by atoms with van der Waals surface area (Å²) < 4.78 is 14.1. The molecule has 94 valence electrons. The van der Waals surface area contributed by atoms with Gasteiger partial charge in [0.05, 0.1) is 15.7 Å². The van der Waals surface area contributed by atoms with Gasteiger partial charge in [0.2, 0.25) is 0 Å². The van der Waals surface area contributed by atoms with E-state index in [-0.39, 0.29) is 16.1 Å². The van der Waals surface area contributed by atoms with Crippen molar-refractivity contribution in [2.45, 2.75) is 26.8 Å². The Labute approximate surface area is 108 Å². The molecule has 3 nitrogen and oxygen atoms in total. The van der Waals surface area contributed by atoms with Crippen molar-refractivity contribution >= 4 is 27.6 Å². The molecule has 0 aliphatic rings. The van der Waals surface area contributed by atoms with Crippen LogP contribution in [0.1, 0.15) is 31.1 Å². The molecular weight excluding hydrogens is 289 g/mol. The van der Waals surface area contributed by atoms with Crippen molar-refractivity contribution in [1.29, 1.82) is 0 Å². The minimum atomic E-state index is -1.14. The van der Waals surface area contributed by atoms with Gasteiger partial charge in [-0.1, -0.05) is 0 Å². The van der Waals surface area contributed by atoms with Crippen molar-refractivity contribution in [2.75, 3.05) is 11.4 Å². The molecule has 0 aliphatic heterocycles. The molecule has 0 atom stereocenters. The average Bonchev–Trinajstić information content (AvgIpc) is 2.24. The van der Waals surface area contributed by atoms with Gasteiger partial charge >= 0.3 is 5.97 Å². The van der Waals surface area contributed by atoms with E-state index in [1.807, 2.05) is 25.7 Å². The summed E-state index contributed by atoms with van der Waals surface area (Å²) in [5.74, 6) is -1.67. The molecule has 0 saturated heterocycles. The van der Waals surface area contributed by atoms with Crippen LogP contribution in [0, 0.1) is 5.82 Å². The lowest BCUT2D eigenvalue weighted by Crippen LogP contribution is -2.31. The van der Waals surface area contributed by atoms with Crippen LogP contribution < -0.4 is 4.90 Å². The highest BCUT2D eigenvalue weighted by molar-refractivity contribution is 9.10. The summed E-state index contributed by atoms with van der Waals surface area (Å²) in [4.78, 5) is 12.7. The Kier molecular flexibility index (Phi) is 4.51. The van der Waals surface area contributed by atoms with Crippen LogP contribution in [0.15, 0.2) is 16.6 Å². The van der Waals surface area contributed by atoms with Crippen LogP contribution in [0.2, 0.25) is 0 Å². The molecular formula is C12H15BrFNO2. The SMILES string of the molecule is CCN(c1ccc(C(=O)O)c(Br)c1F)C(C)C. The molecule has 0 spiro atoms. The Balaban J connectivity index is 3.29. The molecule has 17 heavy (non-hydrogen) atoms. The minimum Gasteiger partial charge on any atom is -0.478 e. The van der Waals surface area contributed by atoms with Gasteiger partial charge in [-0.2, -0.15) is 0 Å². The lowest BCUT2D eigenvalue weighted by molar-refractivity contribution is 0.0695. The Morgan fingerprint density at radius 3 is 2.53 bits per heavy atom. The maximum absolute atomic E-state index is 14.1. The smallest absolute Gasteiger partial charge is 0.336 e. The number of benzene rings is 1. The predicted octanol–water partition coefficient (Wildman–Crippen LogP) is 3.52. The number of hydrogen-bond acceptors (Lipinski definition) is 2. The maximum atomic E-state index is 14.1. The first kappa shape index (κ1) is 14.0. The van der Waals surface area contributed by atoms with Crippen molar-refractivity contribution in [1.82, 2.24) is 0 Å². The first-order valence-corrected chi connectivity index (χ1v) is 6.17. The van der Waals surface area contributed by atoms with Crippen molar-refractivity contribution in [3.05, 3.63) is 28.0 Å². The van der Waals surface area contributed by atoms with Gasteiger partial charge in [-0.3, -0.25) is 0 Å². The van der Waals surface area contributed by atoms with Crippen LogP contribution in [0.3, 0.4) is 0 Å². The summed E-state index contributed by atoms with van der Waals surface area (Å²) in [6.45, 7) is 6.51. The molecule has 0 bridgehead atoms. The van der Waals surface area contributed by atoms with Gasteiger partial charge < -0.3 is 10.0 Å². The fourth-order valence-electron chi connectivity index (χ4n) is 1.74. The molecule has 0 aromatic heterocycles.